The van der Waals surface area contributed by atoms with E-state index < -0.39 is 58.6 Å². The minimum absolute atomic E-state index is 0.136. The first-order chi connectivity index (χ1) is 19.4. The number of carbonyl (C=O) groups is 4. The van der Waals surface area contributed by atoms with E-state index in [4.69, 9.17) is 30.5 Å². The van der Waals surface area contributed by atoms with E-state index in [1.165, 1.54) is 18.9 Å². The second kappa shape index (κ2) is 13.6. The van der Waals surface area contributed by atoms with Crippen LogP contribution in [0, 0.1) is 5.41 Å². The third-order valence-electron chi connectivity index (χ3n) is 8.08. The topological polar surface area (TPSA) is 141 Å². The molecule has 3 rings (SSSR count). The van der Waals surface area contributed by atoms with Crippen molar-refractivity contribution in [3.05, 3.63) is 47.5 Å². The molecule has 10 nitrogen and oxygen atoms in total. The average Bonchev–Trinajstić information content (AvgIpc) is 3.60. The molecule has 2 amide bonds. The molecule has 2 aliphatic rings. The summed E-state index contributed by atoms with van der Waals surface area (Å²) in [4.78, 5) is 49.2. The molecule has 0 spiro atoms. The van der Waals surface area contributed by atoms with E-state index in [1.54, 1.807) is 0 Å². The van der Waals surface area contributed by atoms with Crippen molar-refractivity contribution in [3.8, 4) is 0 Å². The van der Waals surface area contributed by atoms with Gasteiger partial charge in [0.2, 0.25) is 5.91 Å². The van der Waals surface area contributed by atoms with E-state index in [0.29, 0.717) is 12.2 Å². The summed E-state index contributed by atoms with van der Waals surface area (Å²) in [5, 5.41) is 11.7. The van der Waals surface area contributed by atoms with Gasteiger partial charge in [-0.1, -0.05) is 42.0 Å². The van der Waals surface area contributed by atoms with E-state index in [2.05, 4.69) is 11.4 Å². The fraction of sp³-hybridized carbons (Fsp3) is 0.586. The Morgan fingerprint density at radius 1 is 1.22 bits per heavy atom. The Hall–Kier alpha value is -2.60. The van der Waals surface area contributed by atoms with Crippen molar-refractivity contribution in [2.24, 2.45) is 5.41 Å². The number of benzene rings is 1. The van der Waals surface area contributed by atoms with Crippen LogP contribution in [0.25, 0.3) is 0 Å². The zero-order valence-corrected chi connectivity index (χ0v) is 25.5. The molecule has 6 atom stereocenters. The number of imide groups is 1. The fourth-order valence-electron chi connectivity index (χ4n) is 6.27. The summed E-state index contributed by atoms with van der Waals surface area (Å²) in [5.74, 6) is -3.94. The van der Waals surface area contributed by atoms with E-state index in [9.17, 15) is 24.3 Å². The van der Waals surface area contributed by atoms with Gasteiger partial charge in [0, 0.05) is 19.3 Å². The Bertz CT molecular complexity index is 1160. The number of thioether (sulfide) groups is 1. The predicted molar refractivity (Wildman–Crippen MR) is 154 cm³/mol. The van der Waals surface area contributed by atoms with Crippen molar-refractivity contribution >= 4 is 47.3 Å². The highest BCUT2D eigenvalue weighted by molar-refractivity contribution is 7.98. The number of ether oxygens (including phenoxy) is 4. The van der Waals surface area contributed by atoms with Gasteiger partial charge in [0.05, 0.1) is 11.5 Å². The molecule has 6 unspecified atom stereocenters. The van der Waals surface area contributed by atoms with Crippen molar-refractivity contribution < 1.29 is 43.2 Å². The molecule has 2 fully saturated rings. The number of esters is 1. The normalized spacial score (nSPS) is 30.5. The zero-order valence-electron chi connectivity index (χ0n) is 23.9. The van der Waals surface area contributed by atoms with Gasteiger partial charge in [0.1, 0.15) is 29.3 Å². The number of carbonyl (C=O) groups excluding carboxylic acids is 3. The lowest BCUT2D eigenvalue weighted by atomic mass is 9.53. The Morgan fingerprint density at radius 2 is 1.90 bits per heavy atom. The summed E-state index contributed by atoms with van der Waals surface area (Å²) in [6.45, 7) is 5.87. The molecular formula is C29H38ClNO9S. The number of halogens is 1. The monoisotopic (exact) mass is 611 g/mol. The van der Waals surface area contributed by atoms with Gasteiger partial charge >= 0.3 is 18.0 Å². The molecule has 41 heavy (non-hydrogen) atoms. The summed E-state index contributed by atoms with van der Waals surface area (Å²) in [5.41, 5.74) is -1.68. The average molecular weight is 612 g/mol. The molecule has 12 heteroatoms. The SMILES string of the molecule is COC1C(OC(=O)NC(=O)CCl)CCC(Cc2ccccc2)(OC(=O)C(=O)O)C1(CSC)C1(C)OC1CC=C(C)C. The molecule has 1 aromatic carbocycles. The molecule has 1 saturated carbocycles. The molecule has 0 aromatic heterocycles. The largest absolute Gasteiger partial charge is 0.473 e. The van der Waals surface area contributed by atoms with Gasteiger partial charge in [0.25, 0.3) is 0 Å². The van der Waals surface area contributed by atoms with E-state index in [-0.39, 0.29) is 25.4 Å². The maximum atomic E-state index is 12.9. The number of alkyl halides is 1. The highest BCUT2D eigenvalue weighted by atomic mass is 35.5. The van der Waals surface area contributed by atoms with Gasteiger partial charge in [-0.15, -0.1) is 11.6 Å². The number of carboxylic acids is 1. The molecule has 226 valence electrons. The number of hydrogen-bond donors (Lipinski definition) is 2. The third kappa shape index (κ3) is 6.74. The van der Waals surface area contributed by atoms with Crippen LogP contribution < -0.4 is 5.32 Å². The Morgan fingerprint density at radius 3 is 2.46 bits per heavy atom. The van der Waals surface area contributed by atoms with Crippen LogP contribution in [0.4, 0.5) is 4.79 Å². The van der Waals surface area contributed by atoms with Crippen LogP contribution in [0.5, 0.6) is 0 Å². The first-order valence-corrected chi connectivity index (χ1v) is 15.2. The van der Waals surface area contributed by atoms with Crippen LogP contribution in [0.3, 0.4) is 0 Å². The lowest BCUT2D eigenvalue weighted by molar-refractivity contribution is -0.244. The lowest BCUT2D eigenvalue weighted by Gasteiger charge is -2.59. The Kier molecular flexibility index (Phi) is 10.9. The molecule has 0 bridgehead atoms. The quantitative estimate of drug-likeness (QED) is 0.123. The van der Waals surface area contributed by atoms with Crippen molar-refractivity contribution in [3.63, 3.8) is 0 Å². The summed E-state index contributed by atoms with van der Waals surface area (Å²) < 4.78 is 24.4. The summed E-state index contributed by atoms with van der Waals surface area (Å²) >= 11 is 7.00. The smallest absolute Gasteiger partial charge is 0.417 e. The number of allylic oxidation sites excluding steroid dienone is 1. The number of nitrogens with one attached hydrogen (secondary N) is 1. The summed E-state index contributed by atoms with van der Waals surface area (Å²) in [6.07, 6.45) is 1.88. The van der Waals surface area contributed by atoms with Crippen LogP contribution >= 0.6 is 23.4 Å². The number of epoxide rings is 1. The summed E-state index contributed by atoms with van der Waals surface area (Å²) in [7, 11) is 1.46. The van der Waals surface area contributed by atoms with Crippen molar-refractivity contribution in [1.82, 2.24) is 5.32 Å². The summed E-state index contributed by atoms with van der Waals surface area (Å²) in [6, 6.07) is 9.33. The fourth-order valence-corrected chi connectivity index (χ4v) is 7.51. The minimum atomic E-state index is -1.72. The van der Waals surface area contributed by atoms with Crippen molar-refractivity contribution in [2.45, 2.75) is 76.0 Å². The first kappa shape index (κ1) is 32.9. The second-order valence-corrected chi connectivity index (χ2v) is 11.9. The van der Waals surface area contributed by atoms with Crippen LogP contribution in [0.2, 0.25) is 0 Å². The van der Waals surface area contributed by atoms with Crippen LogP contribution in [0.15, 0.2) is 42.0 Å². The molecule has 0 radical (unpaired) electrons. The number of aliphatic carboxylic acids is 1. The molecular weight excluding hydrogens is 574 g/mol. The van der Waals surface area contributed by atoms with Gasteiger partial charge in [-0.05, 0) is 51.9 Å². The number of alkyl carbamates (subject to hydrolysis) is 1. The second-order valence-electron chi connectivity index (χ2n) is 10.8. The standard InChI is InChI=1S/C29H38ClNO9S/c1-18(2)11-12-21-27(3,39-21)29(17-41-5)23(37-4)20(38-26(36)31-22(32)16-30)13-14-28(29,40-25(35)24(33)34)15-19-9-7-6-8-10-19/h6-11,20-21,23H,12-17H2,1-5H3,(H,33,34)(H,31,32,36). The van der Waals surface area contributed by atoms with Crippen LogP contribution in [-0.4, -0.2) is 83.6 Å². The molecule has 1 aromatic rings. The highest BCUT2D eigenvalue weighted by Gasteiger charge is 2.78. The minimum Gasteiger partial charge on any atom is -0.473 e. The number of carboxylic acid groups (broad SMARTS) is 1. The Balaban J connectivity index is 2.22. The van der Waals surface area contributed by atoms with Gasteiger partial charge in [0.15, 0.2) is 0 Å². The van der Waals surface area contributed by atoms with Crippen LogP contribution in [0.1, 0.15) is 45.6 Å². The number of rotatable bonds is 11. The van der Waals surface area contributed by atoms with Gasteiger partial charge in [-0.25, -0.2) is 14.4 Å². The van der Waals surface area contributed by atoms with Gasteiger partial charge in [-0.3, -0.25) is 10.1 Å². The molecule has 1 aliphatic carbocycles. The van der Waals surface area contributed by atoms with Gasteiger partial charge in [-0.2, -0.15) is 11.8 Å². The maximum absolute atomic E-state index is 12.9. The van der Waals surface area contributed by atoms with Crippen molar-refractivity contribution in [2.75, 3.05) is 25.0 Å². The Labute approximate surface area is 249 Å². The lowest BCUT2D eigenvalue weighted by Crippen LogP contribution is -2.72. The molecule has 1 aliphatic heterocycles. The number of methoxy groups -OCH3 is 1. The van der Waals surface area contributed by atoms with E-state index in [0.717, 1.165) is 11.1 Å². The molecule has 1 saturated heterocycles. The van der Waals surface area contributed by atoms with E-state index in [1.807, 2.05) is 57.4 Å². The number of amides is 2. The highest BCUT2D eigenvalue weighted by Crippen LogP contribution is 2.65. The first-order valence-electron chi connectivity index (χ1n) is 13.3. The zero-order chi connectivity index (χ0) is 30.4. The predicted octanol–water partition coefficient (Wildman–Crippen LogP) is 4.13. The third-order valence-corrected chi connectivity index (χ3v) is 9.07. The number of hydrogen-bond acceptors (Lipinski definition) is 9. The maximum Gasteiger partial charge on any atom is 0.417 e. The van der Waals surface area contributed by atoms with Gasteiger partial charge < -0.3 is 24.1 Å². The molecule has 2 N–H and O–H groups in total. The van der Waals surface area contributed by atoms with Crippen molar-refractivity contribution in [1.29, 1.82) is 0 Å². The molecule has 1 heterocycles. The van der Waals surface area contributed by atoms with E-state index >= 15 is 0 Å². The van der Waals surface area contributed by atoms with Crippen LogP contribution in [-0.2, 0) is 39.8 Å².